The van der Waals surface area contributed by atoms with Crippen LogP contribution in [-0.4, -0.2) is 26.7 Å². The average molecular weight is 347 g/mol. The number of nitrogens with one attached hydrogen (secondary N) is 2. The number of H-pyrrole nitrogens is 1. The molecule has 0 saturated heterocycles. The molecule has 4 rings (SSSR count). The molecule has 1 aromatic carbocycles. The first-order valence-electron chi connectivity index (χ1n) is 8.85. The van der Waals surface area contributed by atoms with Crippen molar-refractivity contribution in [1.29, 1.82) is 0 Å². The van der Waals surface area contributed by atoms with Crippen molar-refractivity contribution in [3.05, 3.63) is 70.4 Å². The van der Waals surface area contributed by atoms with Crippen LogP contribution in [0.1, 0.15) is 30.4 Å². The van der Waals surface area contributed by atoms with E-state index in [1.807, 2.05) is 12.1 Å². The molecule has 2 heterocycles. The number of aromatic amines is 1. The van der Waals surface area contributed by atoms with Crippen LogP contribution in [0.25, 0.3) is 11.3 Å². The number of hydrogen-bond donors (Lipinski definition) is 2. The third-order valence-corrected chi connectivity index (χ3v) is 5.21. The van der Waals surface area contributed by atoms with Crippen LogP contribution in [0, 0.1) is 6.92 Å². The SMILES string of the molecule is Cc1ccc(C2(CNc3ccc(-c4cnc(=O)[nH]c4)nn3)CCC2)cc1. The van der Waals surface area contributed by atoms with Crippen molar-refractivity contribution >= 4 is 5.82 Å². The normalized spacial score (nSPS) is 15.3. The van der Waals surface area contributed by atoms with E-state index in [0.717, 1.165) is 17.9 Å². The zero-order valence-corrected chi connectivity index (χ0v) is 14.7. The van der Waals surface area contributed by atoms with Crippen molar-refractivity contribution in [2.24, 2.45) is 0 Å². The summed E-state index contributed by atoms with van der Waals surface area (Å²) in [7, 11) is 0. The summed E-state index contributed by atoms with van der Waals surface area (Å²) >= 11 is 0. The lowest BCUT2D eigenvalue weighted by Crippen LogP contribution is -2.41. The Morgan fingerprint density at radius 2 is 1.92 bits per heavy atom. The Balaban J connectivity index is 1.46. The molecule has 6 heteroatoms. The second-order valence-corrected chi connectivity index (χ2v) is 6.96. The van der Waals surface area contributed by atoms with Crippen LogP contribution in [-0.2, 0) is 5.41 Å². The maximum Gasteiger partial charge on any atom is 0.344 e. The molecule has 0 aliphatic heterocycles. The van der Waals surface area contributed by atoms with Gasteiger partial charge in [-0.3, -0.25) is 0 Å². The molecule has 1 fully saturated rings. The molecule has 3 aromatic rings. The molecule has 0 radical (unpaired) electrons. The zero-order chi connectivity index (χ0) is 18.0. The minimum absolute atomic E-state index is 0.191. The van der Waals surface area contributed by atoms with E-state index in [9.17, 15) is 4.79 Å². The molecule has 132 valence electrons. The van der Waals surface area contributed by atoms with Crippen molar-refractivity contribution in [3.8, 4) is 11.3 Å². The standard InChI is InChI=1S/C20H21N5O/c1-14-3-5-16(6-4-14)20(9-2-10-20)13-23-18-8-7-17(24-25-18)15-11-21-19(26)22-12-15/h3-8,11-12H,2,9-10,13H2,1H3,(H,23,25)(H,21,22,26). The molecule has 1 aliphatic rings. The number of anilines is 1. The molecule has 0 bridgehead atoms. The summed E-state index contributed by atoms with van der Waals surface area (Å²) in [5.74, 6) is 0.754. The summed E-state index contributed by atoms with van der Waals surface area (Å²) in [6, 6.07) is 12.6. The third-order valence-electron chi connectivity index (χ3n) is 5.21. The first-order valence-corrected chi connectivity index (χ1v) is 8.85. The molecular weight excluding hydrogens is 326 g/mol. The van der Waals surface area contributed by atoms with E-state index in [0.29, 0.717) is 5.69 Å². The Labute approximate surface area is 151 Å². The second kappa shape index (κ2) is 6.71. The fourth-order valence-electron chi connectivity index (χ4n) is 3.40. The minimum atomic E-state index is -0.373. The fraction of sp³-hybridized carbons (Fsp3) is 0.300. The summed E-state index contributed by atoms with van der Waals surface area (Å²) in [5.41, 5.74) is 3.91. The van der Waals surface area contributed by atoms with Gasteiger partial charge in [-0.05, 0) is 37.5 Å². The van der Waals surface area contributed by atoms with Crippen LogP contribution in [0.5, 0.6) is 0 Å². The smallest absolute Gasteiger partial charge is 0.344 e. The van der Waals surface area contributed by atoms with Gasteiger partial charge in [0.25, 0.3) is 0 Å². The first kappa shape index (κ1) is 16.4. The van der Waals surface area contributed by atoms with E-state index in [-0.39, 0.29) is 11.1 Å². The van der Waals surface area contributed by atoms with Crippen LogP contribution in [0.2, 0.25) is 0 Å². The summed E-state index contributed by atoms with van der Waals surface area (Å²) in [6.07, 6.45) is 6.73. The molecule has 2 aromatic heterocycles. The largest absolute Gasteiger partial charge is 0.368 e. The number of nitrogens with zero attached hydrogens (tertiary/aromatic N) is 3. The van der Waals surface area contributed by atoms with Gasteiger partial charge in [-0.15, -0.1) is 10.2 Å². The number of hydrogen-bond acceptors (Lipinski definition) is 5. The fourth-order valence-corrected chi connectivity index (χ4v) is 3.40. The van der Waals surface area contributed by atoms with Gasteiger partial charge in [0.1, 0.15) is 5.82 Å². The van der Waals surface area contributed by atoms with E-state index in [2.05, 4.69) is 56.7 Å². The average Bonchev–Trinajstić information content (AvgIpc) is 2.63. The first-order chi connectivity index (χ1) is 12.6. The lowest BCUT2D eigenvalue weighted by Gasteiger charge is -2.42. The molecule has 2 N–H and O–H groups in total. The number of rotatable bonds is 5. The van der Waals surface area contributed by atoms with Crippen LogP contribution < -0.4 is 11.0 Å². The Kier molecular flexibility index (Phi) is 4.24. The molecular formula is C20H21N5O. The number of aromatic nitrogens is 4. The minimum Gasteiger partial charge on any atom is -0.368 e. The highest BCUT2D eigenvalue weighted by atomic mass is 16.1. The lowest BCUT2D eigenvalue weighted by molar-refractivity contribution is 0.260. The van der Waals surface area contributed by atoms with Crippen molar-refractivity contribution in [2.45, 2.75) is 31.6 Å². The highest BCUT2D eigenvalue weighted by Crippen LogP contribution is 2.43. The van der Waals surface area contributed by atoms with Crippen molar-refractivity contribution in [3.63, 3.8) is 0 Å². The van der Waals surface area contributed by atoms with Crippen LogP contribution in [0.4, 0.5) is 5.82 Å². The Hall–Kier alpha value is -3.02. The quantitative estimate of drug-likeness (QED) is 0.741. The van der Waals surface area contributed by atoms with Crippen molar-refractivity contribution in [2.75, 3.05) is 11.9 Å². The molecule has 0 atom stereocenters. The number of aryl methyl sites for hydroxylation is 1. The van der Waals surface area contributed by atoms with Gasteiger partial charge in [0.15, 0.2) is 0 Å². The Morgan fingerprint density at radius 1 is 1.12 bits per heavy atom. The zero-order valence-electron chi connectivity index (χ0n) is 14.7. The van der Waals surface area contributed by atoms with Gasteiger partial charge in [-0.1, -0.05) is 36.2 Å². The van der Waals surface area contributed by atoms with Crippen LogP contribution in [0.15, 0.2) is 53.6 Å². The number of benzene rings is 1. The Bertz CT molecular complexity index is 923. The van der Waals surface area contributed by atoms with E-state index in [1.165, 1.54) is 36.6 Å². The molecule has 26 heavy (non-hydrogen) atoms. The molecule has 1 saturated carbocycles. The summed E-state index contributed by atoms with van der Waals surface area (Å²) in [5, 5.41) is 11.9. The van der Waals surface area contributed by atoms with E-state index < -0.39 is 0 Å². The van der Waals surface area contributed by atoms with Gasteiger partial charge in [-0.2, -0.15) is 0 Å². The predicted octanol–water partition coefficient (Wildman–Crippen LogP) is 3.07. The van der Waals surface area contributed by atoms with Crippen molar-refractivity contribution in [1.82, 2.24) is 20.2 Å². The maximum absolute atomic E-state index is 11.0. The van der Waals surface area contributed by atoms with Crippen LogP contribution in [0.3, 0.4) is 0 Å². The molecule has 0 spiro atoms. The van der Waals surface area contributed by atoms with E-state index in [4.69, 9.17) is 0 Å². The molecule has 0 amide bonds. The summed E-state index contributed by atoms with van der Waals surface area (Å²) < 4.78 is 0. The van der Waals surface area contributed by atoms with Gasteiger partial charge >= 0.3 is 5.69 Å². The monoisotopic (exact) mass is 347 g/mol. The Morgan fingerprint density at radius 3 is 2.50 bits per heavy atom. The highest BCUT2D eigenvalue weighted by molar-refractivity contribution is 5.57. The summed E-state index contributed by atoms with van der Waals surface area (Å²) in [6.45, 7) is 2.97. The molecule has 0 unspecified atom stereocenters. The van der Waals surface area contributed by atoms with Crippen LogP contribution >= 0.6 is 0 Å². The third kappa shape index (κ3) is 3.22. The summed E-state index contributed by atoms with van der Waals surface area (Å²) in [4.78, 5) is 17.3. The van der Waals surface area contributed by atoms with E-state index in [1.54, 1.807) is 6.20 Å². The van der Waals surface area contributed by atoms with Gasteiger partial charge in [0.2, 0.25) is 0 Å². The van der Waals surface area contributed by atoms with Gasteiger partial charge < -0.3 is 10.3 Å². The predicted molar refractivity (Wildman–Crippen MR) is 101 cm³/mol. The second-order valence-electron chi connectivity index (χ2n) is 6.96. The van der Waals surface area contributed by atoms with Crippen molar-refractivity contribution < 1.29 is 0 Å². The topological polar surface area (TPSA) is 83.6 Å². The van der Waals surface area contributed by atoms with Gasteiger partial charge in [0.05, 0.1) is 5.69 Å². The lowest BCUT2D eigenvalue weighted by atomic mass is 9.64. The van der Waals surface area contributed by atoms with Gasteiger partial charge in [0, 0.05) is 29.9 Å². The van der Waals surface area contributed by atoms with Gasteiger partial charge in [-0.25, -0.2) is 9.78 Å². The molecule has 6 nitrogen and oxygen atoms in total. The maximum atomic E-state index is 11.0. The highest BCUT2D eigenvalue weighted by Gasteiger charge is 2.38. The molecule has 1 aliphatic carbocycles. The van der Waals surface area contributed by atoms with E-state index >= 15 is 0 Å².